The van der Waals surface area contributed by atoms with E-state index < -0.39 is 42.4 Å². The maximum absolute atomic E-state index is 12.8. The number of nitrogens with one attached hydrogen (secondary N) is 2. The van der Waals surface area contributed by atoms with Crippen molar-refractivity contribution in [3.05, 3.63) is 23.4 Å². The molecule has 1 atom stereocenters. The molecular weight excluding hydrogens is 448 g/mol. The number of nitrogens with zero attached hydrogens (tertiary/aromatic N) is 2. The van der Waals surface area contributed by atoms with Crippen molar-refractivity contribution < 1.29 is 31.2 Å². The van der Waals surface area contributed by atoms with Crippen LogP contribution < -0.4 is 15.4 Å². The molecular formula is C15H19ClN4O7S2. The highest BCUT2D eigenvalue weighted by atomic mass is 35.5. The summed E-state index contributed by atoms with van der Waals surface area (Å²) in [6, 6.07) is 2.16. The van der Waals surface area contributed by atoms with Crippen LogP contribution in [0.15, 0.2) is 18.3 Å². The predicted octanol–water partition coefficient (Wildman–Crippen LogP) is -0.512. The van der Waals surface area contributed by atoms with Crippen molar-refractivity contribution in [2.24, 2.45) is 0 Å². The van der Waals surface area contributed by atoms with Crippen LogP contribution in [0.4, 0.5) is 4.79 Å². The average Bonchev–Trinajstić information content (AvgIpc) is 2.91. The summed E-state index contributed by atoms with van der Waals surface area (Å²) in [6.07, 6.45) is 2.53. The minimum Gasteiger partial charge on any atom is -0.474 e. The van der Waals surface area contributed by atoms with Gasteiger partial charge in [-0.15, -0.1) is 0 Å². The van der Waals surface area contributed by atoms with Crippen molar-refractivity contribution in [1.82, 2.24) is 19.9 Å². The number of hydrogen-bond donors (Lipinski definition) is 2. The van der Waals surface area contributed by atoms with Crippen LogP contribution >= 0.6 is 11.6 Å². The van der Waals surface area contributed by atoms with Crippen LogP contribution in [0.25, 0.3) is 0 Å². The molecule has 1 aromatic rings. The number of sulfone groups is 1. The first-order chi connectivity index (χ1) is 13.4. The Hall–Kier alpha value is -1.96. The van der Waals surface area contributed by atoms with Gasteiger partial charge in [-0.2, -0.15) is 0 Å². The zero-order valence-electron chi connectivity index (χ0n) is 15.3. The van der Waals surface area contributed by atoms with Crippen molar-refractivity contribution in [1.29, 1.82) is 0 Å². The second kappa shape index (κ2) is 7.70. The lowest BCUT2D eigenvalue weighted by molar-refractivity contribution is -0.120. The van der Waals surface area contributed by atoms with Crippen LogP contribution in [-0.4, -0.2) is 74.1 Å². The Morgan fingerprint density at radius 3 is 2.38 bits per heavy atom. The Labute approximate surface area is 172 Å². The monoisotopic (exact) mass is 466 g/mol. The molecule has 2 fully saturated rings. The Balaban J connectivity index is 1.68. The fraction of sp³-hybridized carbons (Fsp3) is 0.533. The average molecular weight is 467 g/mol. The molecule has 29 heavy (non-hydrogen) atoms. The normalized spacial score (nSPS) is 24.2. The first-order valence-corrected chi connectivity index (χ1v) is 12.4. The van der Waals surface area contributed by atoms with E-state index >= 15 is 0 Å². The van der Waals surface area contributed by atoms with E-state index in [1.165, 1.54) is 6.20 Å². The van der Waals surface area contributed by atoms with Crippen molar-refractivity contribution in [2.75, 3.05) is 25.1 Å². The number of amides is 3. The van der Waals surface area contributed by atoms with E-state index in [-0.39, 0.29) is 19.2 Å². The summed E-state index contributed by atoms with van der Waals surface area (Å²) < 4.78 is 56.7. The van der Waals surface area contributed by atoms with Gasteiger partial charge in [0.2, 0.25) is 20.8 Å². The van der Waals surface area contributed by atoms with Crippen LogP contribution in [0.3, 0.4) is 0 Å². The Morgan fingerprint density at radius 2 is 1.90 bits per heavy atom. The van der Waals surface area contributed by atoms with Crippen LogP contribution in [0.1, 0.15) is 12.8 Å². The van der Waals surface area contributed by atoms with Crippen LogP contribution in [0, 0.1) is 0 Å². The molecule has 2 saturated heterocycles. The molecule has 11 nitrogen and oxygen atoms in total. The fourth-order valence-corrected chi connectivity index (χ4v) is 6.87. The molecule has 3 rings (SSSR count). The summed E-state index contributed by atoms with van der Waals surface area (Å²) in [4.78, 5) is 25.0. The number of urea groups is 1. The van der Waals surface area contributed by atoms with Gasteiger partial charge in [0.1, 0.15) is 11.9 Å². The van der Waals surface area contributed by atoms with Gasteiger partial charge in [0.15, 0.2) is 9.84 Å². The lowest BCUT2D eigenvalue weighted by Gasteiger charge is -2.33. The molecule has 2 N–H and O–H groups in total. The summed E-state index contributed by atoms with van der Waals surface area (Å²) in [5.41, 5.74) is 0. The number of pyridine rings is 1. The van der Waals surface area contributed by atoms with Crippen molar-refractivity contribution >= 4 is 43.4 Å². The number of imide groups is 1. The van der Waals surface area contributed by atoms with E-state index in [2.05, 4.69) is 4.98 Å². The number of ether oxygens (including phenoxy) is 1. The number of halogens is 1. The van der Waals surface area contributed by atoms with Gasteiger partial charge in [0, 0.05) is 31.6 Å². The molecule has 3 amide bonds. The highest BCUT2D eigenvalue weighted by molar-refractivity contribution is 7.95. The molecule has 0 aliphatic carbocycles. The van der Waals surface area contributed by atoms with E-state index in [4.69, 9.17) is 16.3 Å². The van der Waals surface area contributed by atoms with E-state index in [0.717, 1.165) is 4.31 Å². The van der Waals surface area contributed by atoms with Gasteiger partial charge in [-0.1, -0.05) is 11.6 Å². The smallest absolute Gasteiger partial charge is 0.323 e. The summed E-state index contributed by atoms with van der Waals surface area (Å²) in [6.45, 7) is 0.131. The highest BCUT2D eigenvalue weighted by Gasteiger charge is 2.58. The van der Waals surface area contributed by atoms with E-state index in [9.17, 15) is 26.4 Å². The first kappa shape index (κ1) is 21.7. The summed E-state index contributed by atoms with van der Waals surface area (Å²) in [7, 11) is -8.44. The van der Waals surface area contributed by atoms with Gasteiger partial charge in [0.05, 0.1) is 5.02 Å². The molecule has 2 aliphatic heterocycles. The molecule has 2 aliphatic rings. The third kappa shape index (κ3) is 4.47. The summed E-state index contributed by atoms with van der Waals surface area (Å²) in [5, 5.41) is 4.21. The Bertz CT molecular complexity index is 1020. The van der Waals surface area contributed by atoms with Crippen LogP contribution in [0.5, 0.6) is 5.88 Å². The maximum atomic E-state index is 12.8. The number of carbonyl (C=O) groups excluding carboxylic acids is 2. The van der Waals surface area contributed by atoms with Gasteiger partial charge in [-0.05, 0) is 18.9 Å². The summed E-state index contributed by atoms with van der Waals surface area (Å²) >= 11 is 5.77. The lowest BCUT2D eigenvalue weighted by Crippen LogP contribution is -2.60. The van der Waals surface area contributed by atoms with E-state index in [1.807, 2.05) is 5.32 Å². The number of hydrogen-bond acceptors (Lipinski definition) is 8. The van der Waals surface area contributed by atoms with Crippen molar-refractivity contribution in [3.8, 4) is 5.88 Å². The zero-order chi connectivity index (χ0) is 21.4. The topological polar surface area (TPSA) is 152 Å². The minimum absolute atomic E-state index is 0.0655. The SMILES string of the molecule is CS(=O)(=O)[C@@]1(CS(=O)(=O)N2CCC(Oc3ccc(Cl)cn3)CC2)NC(=O)NC1=O. The molecule has 0 bridgehead atoms. The standard InChI is InChI=1S/C15H19ClN4O7S2/c1-28(23,24)15(13(21)18-14(22)19-15)9-29(25,26)20-6-4-11(5-7-20)27-12-3-2-10(16)8-17-12/h2-3,8,11H,4-7,9H2,1H3,(H2,18,19,21,22)/t15-/m1/s1. The first-order valence-electron chi connectivity index (χ1n) is 8.52. The van der Waals surface area contributed by atoms with Gasteiger partial charge in [0.25, 0.3) is 5.91 Å². The molecule has 0 saturated carbocycles. The third-order valence-corrected chi connectivity index (χ3v) is 8.76. The molecule has 14 heteroatoms. The molecule has 0 aromatic carbocycles. The Kier molecular flexibility index (Phi) is 5.77. The molecule has 0 unspecified atom stereocenters. The maximum Gasteiger partial charge on any atom is 0.323 e. The van der Waals surface area contributed by atoms with E-state index in [0.29, 0.717) is 30.0 Å². The predicted molar refractivity (Wildman–Crippen MR) is 103 cm³/mol. The molecule has 3 heterocycles. The van der Waals surface area contributed by atoms with Gasteiger partial charge < -0.3 is 10.1 Å². The van der Waals surface area contributed by atoms with Crippen LogP contribution in [0.2, 0.25) is 5.02 Å². The van der Waals surface area contributed by atoms with Crippen molar-refractivity contribution in [2.45, 2.75) is 23.8 Å². The molecule has 1 aromatic heterocycles. The number of aromatic nitrogens is 1. The number of rotatable bonds is 6. The van der Waals surface area contributed by atoms with Gasteiger partial charge in [-0.25, -0.2) is 30.9 Å². The minimum atomic E-state index is -4.27. The van der Waals surface area contributed by atoms with Crippen molar-refractivity contribution in [3.63, 3.8) is 0 Å². The molecule has 0 radical (unpaired) electrons. The Morgan fingerprint density at radius 1 is 1.24 bits per heavy atom. The third-order valence-electron chi connectivity index (χ3n) is 4.71. The second-order valence-electron chi connectivity index (χ2n) is 6.79. The van der Waals surface area contributed by atoms with Gasteiger partial charge >= 0.3 is 6.03 Å². The van der Waals surface area contributed by atoms with Crippen LogP contribution in [-0.2, 0) is 24.7 Å². The largest absolute Gasteiger partial charge is 0.474 e. The summed E-state index contributed by atoms with van der Waals surface area (Å²) in [5.74, 6) is -1.93. The number of piperidine rings is 1. The molecule has 0 spiro atoms. The quantitative estimate of drug-likeness (QED) is 0.531. The molecule has 160 valence electrons. The highest BCUT2D eigenvalue weighted by Crippen LogP contribution is 2.25. The number of sulfonamides is 1. The zero-order valence-corrected chi connectivity index (χ0v) is 17.7. The lowest BCUT2D eigenvalue weighted by atomic mass is 10.1. The second-order valence-corrected chi connectivity index (χ2v) is 11.4. The van der Waals surface area contributed by atoms with Gasteiger partial charge in [-0.3, -0.25) is 10.1 Å². The number of carbonyl (C=O) groups is 2. The fourth-order valence-electron chi connectivity index (χ4n) is 3.12. The van der Waals surface area contributed by atoms with E-state index in [1.54, 1.807) is 17.4 Å².